The van der Waals surface area contributed by atoms with Crippen LogP contribution >= 0.6 is 0 Å². The maximum atomic E-state index is 10.9. The van der Waals surface area contributed by atoms with Gasteiger partial charge in [0.1, 0.15) is 12.4 Å². The molecule has 0 radical (unpaired) electrons. The van der Waals surface area contributed by atoms with E-state index >= 15 is 0 Å². The van der Waals surface area contributed by atoms with Crippen molar-refractivity contribution in [3.8, 4) is 5.75 Å². The van der Waals surface area contributed by atoms with Crippen LogP contribution in [0.3, 0.4) is 0 Å². The zero-order valence-electron chi connectivity index (χ0n) is 9.34. The smallest absolute Gasteiger partial charge is 0.336 e. The Kier molecular flexibility index (Phi) is 3.14. The minimum Gasteiger partial charge on any atom is -0.488 e. The van der Waals surface area contributed by atoms with Gasteiger partial charge in [-0.2, -0.15) is 0 Å². The van der Waals surface area contributed by atoms with E-state index in [1.54, 1.807) is 43.7 Å². The van der Waals surface area contributed by atoms with Crippen LogP contribution in [0.4, 0.5) is 0 Å². The molecule has 0 spiro atoms. The molecular formula is C13H12O4. The zero-order chi connectivity index (χ0) is 12.3. The molecule has 1 heterocycles. The molecule has 4 nitrogen and oxygen atoms in total. The first-order chi connectivity index (χ1) is 8.18. The summed E-state index contributed by atoms with van der Waals surface area (Å²) in [6, 6.07) is 6.78. The fraction of sp³-hybridized carbons (Fsp3) is 0.154. The Morgan fingerprint density at radius 2 is 2.24 bits per heavy atom. The van der Waals surface area contributed by atoms with Crippen LogP contribution in [-0.4, -0.2) is 11.1 Å². The quantitative estimate of drug-likeness (QED) is 0.880. The third kappa shape index (κ3) is 2.47. The van der Waals surface area contributed by atoms with E-state index in [4.69, 9.17) is 14.3 Å². The SMILES string of the molecule is Cc1c(OCc2ccoc2)cccc1C(=O)O. The first-order valence-corrected chi connectivity index (χ1v) is 5.15. The largest absolute Gasteiger partial charge is 0.488 e. The minimum atomic E-state index is -0.948. The molecule has 1 aromatic carbocycles. The molecule has 0 saturated carbocycles. The zero-order valence-corrected chi connectivity index (χ0v) is 9.34. The molecule has 0 aliphatic rings. The molecule has 4 heteroatoms. The molecule has 88 valence electrons. The molecule has 0 aliphatic heterocycles. The van der Waals surface area contributed by atoms with E-state index in [-0.39, 0.29) is 5.56 Å². The van der Waals surface area contributed by atoms with Gasteiger partial charge < -0.3 is 14.3 Å². The summed E-state index contributed by atoms with van der Waals surface area (Å²) in [5.74, 6) is -0.373. The highest BCUT2D eigenvalue weighted by Crippen LogP contribution is 2.22. The molecule has 0 unspecified atom stereocenters. The highest BCUT2D eigenvalue weighted by Gasteiger charge is 2.10. The predicted molar refractivity (Wildman–Crippen MR) is 61.2 cm³/mol. The van der Waals surface area contributed by atoms with E-state index in [0.29, 0.717) is 17.9 Å². The lowest BCUT2D eigenvalue weighted by Gasteiger charge is -2.09. The lowest BCUT2D eigenvalue weighted by Crippen LogP contribution is -2.02. The van der Waals surface area contributed by atoms with Crippen molar-refractivity contribution in [2.24, 2.45) is 0 Å². The minimum absolute atomic E-state index is 0.259. The summed E-state index contributed by atoms with van der Waals surface area (Å²) in [6.07, 6.45) is 3.16. The van der Waals surface area contributed by atoms with Crippen molar-refractivity contribution in [2.45, 2.75) is 13.5 Å². The van der Waals surface area contributed by atoms with Gasteiger partial charge in [-0.05, 0) is 25.1 Å². The third-order valence-electron chi connectivity index (χ3n) is 2.49. The first-order valence-electron chi connectivity index (χ1n) is 5.15. The summed E-state index contributed by atoms with van der Waals surface area (Å²) in [5.41, 5.74) is 1.79. The fourth-order valence-corrected chi connectivity index (χ4v) is 1.54. The lowest BCUT2D eigenvalue weighted by atomic mass is 10.1. The number of carbonyl (C=O) groups is 1. The van der Waals surface area contributed by atoms with Crippen LogP contribution in [0, 0.1) is 6.92 Å². The number of benzene rings is 1. The van der Waals surface area contributed by atoms with E-state index in [1.807, 2.05) is 0 Å². The number of hydrogen-bond donors (Lipinski definition) is 1. The Labute approximate surface area is 98.4 Å². The molecule has 0 amide bonds. The van der Waals surface area contributed by atoms with Gasteiger partial charge in [0.2, 0.25) is 0 Å². The van der Waals surface area contributed by atoms with Crippen LogP contribution in [0.5, 0.6) is 5.75 Å². The molecule has 0 fully saturated rings. The second-order valence-electron chi connectivity index (χ2n) is 3.65. The molecule has 2 rings (SSSR count). The number of hydrogen-bond acceptors (Lipinski definition) is 3. The van der Waals surface area contributed by atoms with E-state index in [2.05, 4.69) is 0 Å². The molecule has 0 atom stereocenters. The van der Waals surface area contributed by atoms with Crippen LogP contribution in [0.2, 0.25) is 0 Å². The molecule has 1 aromatic heterocycles. The summed E-state index contributed by atoms with van der Waals surface area (Å²) in [4.78, 5) is 10.9. The first kappa shape index (κ1) is 11.3. The Morgan fingerprint density at radius 1 is 1.41 bits per heavy atom. The van der Waals surface area contributed by atoms with Gasteiger partial charge in [-0.25, -0.2) is 4.79 Å². The standard InChI is InChI=1S/C13H12O4/c1-9-11(13(14)15)3-2-4-12(9)17-8-10-5-6-16-7-10/h2-7H,8H2,1H3,(H,14,15). The second kappa shape index (κ2) is 4.74. The highest BCUT2D eigenvalue weighted by atomic mass is 16.5. The summed E-state index contributed by atoms with van der Waals surface area (Å²) < 4.78 is 10.5. The maximum Gasteiger partial charge on any atom is 0.336 e. The van der Waals surface area contributed by atoms with Crippen molar-refractivity contribution >= 4 is 5.97 Å². The Balaban J connectivity index is 2.16. The summed E-state index contributed by atoms with van der Waals surface area (Å²) in [6.45, 7) is 2.09. The maximum absolute atomic E-state index is 10.9. The van der Waals surface area contributed by atoms with Crippen LogP contribution in [-0.2, 0) is 6.61 Å². The average Bonchev–Trinajstić information content (AvgIpc) is 2.80. The van der Waals surface area contributed by atoms with E-state index < -0.39 is 5.97 Å². The average molecular weight is 232 g/mol. The van der Waals surface area contributed by atoms with Gasteiger partial charge in [-0.15, -0.1) is 0 Å². The van der Waals surface area contributed by atoms with Crippen molar-refractivity contribution < 1.29 is 19.1 Å². The summed E-state index contributed by atoms with van der Waals surface area (Å²) in [7, 11) is 0. The van der Waals surface area contributed by atoms with Gasteiger partial charge in [-0.1, -0.05) is 6.07 Å². The number of ether oxygens (including phenoxy) is 1. The van der Waals surface area contributed by atoms with E-state index in [1.165, 1.54) is 0 Å². The molecular weight excluding hydrogens is 220 g/mol. The van der Waals surface area contributed by atoms with Crippen molar-refractivity contribution in [1.29, 1.82) is 0 Å². The van der Waals surface area contributed by atoms with Crippen LogP contribution in [0.15, 0.2) is 41.2 Å². The number of aromatic carboxylic acids is 1. The van der Waals surface area contributed by atoms with Gasteiger partial charge in [0, 0.05) is 11.1 Å². The highest BCUT2D eigenvalue weighted by molar-refractivity contribution is 5.90. The lowest BCUT2D eigenvalue weighted by molar-refractivity contribution is 0.0695. The Hall–Kier alpha value is -2.23. The van der Waals surface area contributed by atoms with Crippen molar-refractivity contribution in [3.05, 3.63) is 53.5 Å². The topological polar surface area (TPSA) is 59.7 Å². The van der Waals surface area contributed by atoms with Gasteiger partial charge in [0.25, 0.3) is 0 Å². The third-order valence-corrected chi connectivity index (χ3v) is 2.49. The van der Waals surface area contributed by atoms with Crippen LogP contribution < -0.4 is 4.74 Å². The van der Waals surface area contributed by atoms with Crippen molar-refractivity contribution in [1.82, 2.24) is 0 Å². The number of rotatable bonds is 4. The molecule has 17 heavy (non-hydrogen) atoms. The molecule has 0 bridgehead atoms. The molecule has 0 aliphatic carbocycles. The van der Waals surface area contributed by atoms with Gasteiger partial charge >= 0.3 is 5.97 Å². The Bertz CT molecular complexity index is 514. The predicted octanol–water partition coefficient (Wildman–Crippen LogP) is 2.87. The number of furan rings is 1. The van der Waals surface area contributed by atoms with Gasteiger partial charge in [0.05, 0.1) is 18.1 Å². The normalized spacial score (nSPS) is 10.2. The second-order valence-corrected chi connectivity index (χ2v) is 3.65. The number of carboxylic acid groups (broad SMARTS) is 1. The monoisotopic (exact) mass is 232 g/mol. The summed E-state index contributed by atoms with van der Waals surface area (Å²) in [5, 5.41) is 8.97. The van der Waals surface area contributed by atoms with Crippen LogP contribution in [0.25, 0.3) is 0 Å². The van der Waals surface area contributed by atoms with Gasteiger partial charge in [0.15, 0.2) is 0 Å². The number of carboxylic acids is 1. The van der Waals surface area contributed by atoms with Crippen molar-refractivity contribution in [3.63, 3.8) is 0 Å². The molecule has 2 aromatic rings. The van der Waals surface area contributed by atoms with E-state index in [0.717, 1.165) is 5.56 Å². The van der Waals surface area contributed by atoms with E-state index in [9.17, 15) is 4.79 Å². The fourth-order valence-electron chi connectivity index (χ4n) is 1.54. The summed E-state index contributed by atoms with van der Waals surface area (Å²) >= 11 is 0. The van der Waals surface area contributed by atoms with Crippen LogP contribution in [0.1, 0.15) is 21.5 Å². The Morgan fingerprint density at radius 3 is 2.88 bits per heavy atom. The molecule has 0 saturated heterocycles. The van der Waals surface area contributed by atoms with Crippen molar-refractivity contribution in [2.75, 3.05) is 0 Å². The van der Waals surface area contributed by atoms with Gasteiger partial charge in [-0.3, -0.25) is 0 Å². The molecule has 1 N–H and O–H groups in total.